The lowest BCUT2D eigenvalue weighted by Crippen LogP contribution is -2.19. The summed E-state index contributed by atoms with van der Waals surface area (Å²) in [5, 5.41) is 16.9. The molecule has 0 unspecified atom stereocenters. The average molecular weight is 392 g/mol. The summed E-state index contributed by atoms with van der Waals surface area (Å²) >= 11 is 0. The summed E-state index contributed by atoms with van der Waals surface area (Å²) in [4.78, 5) is 14.2. The number of rotatable bonds is 6. The largest absolute Gasteiger partial charge is 0.497 e. The molecular weight excluding hydrogens is 368 g/mol. The van der Waals surface area contributed by atoms with E-state index in [4.69, 9.17) is 4.74 Å². The van der Waals surface area contributed by atoms with Crippen LogP contribution in [0.15, 0.2) is 54.7 Å². The number of nitrogens with one attached hydrogen (secondary N) is 3. The van der Waals surface area contributed by atoms with Crippen LogP contribution in [0.4, 0.5) is 33.4 Å². The van der Waals surface area contributed by atoms with E-state index in [1.54, 1.807) is 19.4 Å². The minimum absolute atomic E-state index is 0.316. The highest BCUT2D eigenvalue weighted by atomic mass is 16.5. The maximum atomic E-state index is 12.3. The van der Waals surface area contributed by atoms with E-state index < -0.39 is 0 Å². The van der Waals surface area contributed by atoms with Gasteiger partial charge >= 0.3 is 6.03 Å². The average Bonchev–Trinajstić information content (AvgIpc) is 2.71. The Labute approximate surface area is 169 Å². The molecule has 2 aromatic carbocycles. The summed E-state index contributed by atoms with van der Waals surface area (Å²) in [6, 6.07) is 14.4. The fourth-order valence-corrected chi connectivity index (χ4v) is 2.63. The van der Waals surface area contributed by atoms with E-state index in [9.17, 15) is 4.79 Å². The van der Waals surface area contributed by atoms with Crippen LogP contribution in [0, 0.1) is 6.92 Å². The highest BCUT2D eigenvalue weighted by Crippen LogP contribution is 2.22. The molecule has 8 heteroatoms. The van der Waals surface area contributed by atoms with Gasteiger partial charge in [0.15, 0.2) is 5.82 Å². The van der Waals surface area contributed by atoms with Gasteiger partial charge in [-0.3, -0.25) is 0 Å². The normalized spacial score (nSPS) is 10.2. The molecule has 3 N–H and O–H groups in total. The SMILES string of the molecule is COc1ccc(NC(=O)Nc2ccc(Nc3cc(N(C)C)cnn3)cc2)c(C)c1. The molecule has 1 heterocycles. The first-order chi connectivity index (χ1) is 13.9. The Morgan fingerprint density at radius 2 is 1.72 bits per heavy atom. The molecule has 29 heavy (non-hydrogen) atoms. The molecule has 0 aliphatic heterocycles. The zero-order valence-corrected chi connectivity index (χ0v) is 16.9. The van der Waals surface area contributed by atoms with E-state index in [0.717, 1.165) is 28.4 Å². The monoisotopic (exact) mass is 392 g/mol. The number of anilines is 5. The summed E-state index contributed by atoms with van der Waals surface area (Å²) in [6.45, 7) is 1.91. The van der Waals surface area contributed by atoms with E-state index in [1.807, 2.05) is 68.4 Å². The molecule has 0 bridgehead atoms. The van der Waals surface area contributed by atoms with Crippen LogP contribution in [-0.2, 0) is 0 Å². The minimum atomic E-state index is -0.316. The Bertz CT molecular complexity index is 989. The van der Waals surface area contributed by atoms with Gasteiger partial charge in [0.25, 0.3) is 0 Å². The number of methoxy groups -OCH3 is 1. The maximum Gasteiger partial charge on any atom is 0.323 e. The molecule has 8 nitrogen and oxygen atoms in total. The lowest BCUT2D eigenvalue weighted by atomic mass is 10.2. The molecule has 0 saturated carbocycles. The predicted molar refractivity (Wildman–Crippen MR) is 116 cm³/mol. The standard InChI is InChI=1S/C21H24N6O2/c1-14-11-18(29-4)9-10-19(14)25-21(28)24-16-7-5-15(6-8-16)23-20-12-17(27(2)3)13-22-26-20/h5-13H,1-4H3,(H,23,26)(H2,24,25,28). The number of hydrogen-bond donors (Lipinski definition) is 3. The summed E-state index contributed by atoms with van der Waals surface area (Å²) in [6.07, 6.45) is 1.70. The molecule has 0 aliphatic carbocycles. The predicted octanol–water partition coefficient (Wildman–Crippen LogP) is 4.25. The zero-order chi connectivity index (χ0) is 20.8. The molecule has 2 amide bonds. The van der Waals surface area contributed by atoms with Crippen molar-refractivity contribution in [3.05, 3.63) is 60.3 Å². The second-order valence-corrected chi connectivity index (χ2v) is 6.66. The van der Waals surface area contributed by atoms with Gasteiger partial charge in [-0.15, -0.1) is 5.10 Å². The molecular formula is C21H24N6O2. The van der Waals surface area contributed by atoms with Gasteiger partial charge in [-0.1, -0.05) is 0 Å². The second-order valence-electron chi connectivity index (χ2n) is 6.66. The third kappa shape index (κ3) is 5.35. The number of aryl methyl sites for hydroxylation is 1. The highest BCUT2D eigenvalue weighted by molar-refractivity contribution is 6.00. The smallest absolute Gasteiger partial charge is 0.323 e. The van der Waals surface area contributed by atoms with Crippen molar-refractivity contribution in [2.75, 3.05) is 42.1 Å². The van der Waals surface area contributed by atoms with Crippen LogP contribution >= 0.6 is 0 Å². The number of nitrogens with zero attached hydrogens (tertiary/aromatic N) is 3. The summed E-state index contributed by atoms with van der Waals surface area (Å²) < 4.78 is 5.18. The highest BCUT2D eigenvalue weighted by Gasteiger charge is 2.07. The fourth-order valence-electron chi connectivity index (χ4n) is 2.63. The van der Waals surface area contributed by atoms with E-state index in [0.29, 0.717) is 11.5 Å². The quantitative estimate of drug-likeness (QED) is 0.581. The Kier molecular flexibility index (Phi) is 6.13. The van der Waals surface area contributed by atoms with Gasteiger partial charge in [-0.2, -0.15) is 5.10 Å². The van der Waals surface area contributed by atoms with E-state index in [1.165, 1.54) is 0 Å². The third-order valence-corrected chi connectivity index (χ3v) is 4.25. The van der Waals surface area contributed by atoms with Gasteiger partial charge in [0, 0.05) is 37.2 Å². The first-order valence-electron chi connectivity index (χ1n) is 9.04. The summed E-state index contributed by atoms with van der Waals surface area (Å²) in [5.74, 6) is 1.39. The molecule has 150 valence electrons. The molecule has 0 atom stereocenters. The van der Waals surface area contributed by atoms with Gasteiger partial charge in [-0.25, -0.2) is 4.79 Å². The molecule has 0 fully saturated rings. The van der Waals surface area contributed by atoms with Gasteiger partial charge < -0.3 is 25.6 Å². The van der Waals surface area contributed by atoms with Crippen molar-refractivity contribution in [1.82, 2.24) is 10.2 Å². The summed E-state index contributed by atoms with van der Waals surface area (Å²) in [5.41, 5.74) is 4.10. The van der Waals surface area contributed by atoms with Crippen molar-refractivity contribution in [3.63, 3.8) is 0 Å². The number of amides is 2. The zero-order valence-electron chi connectivity index (χ0n) is 16.9. The number of carbonyl (C=O) groups excluding carboxylic acids is 1. The molecule has 0 radical (unpaired) electrons. The van der Waals surface area contributed by atoms with Gasteiger partial charge in [0.1, 0.15) is 5.75 Å². The van der Waals surface area contributed by atoms with Crippen molar-refractivity contribution < 1.29 is 9.53 Å². The van der Waals surface area contributed by atoms with Gasteiger partial charge in [0.05, 0.1) is 19.0 Å². The number of ether oxygens (including phenoxy) is 1. The topological polar surface area (TPSA) is 91.4 Å². The van der Waals surface area contributed by atoms with Crippen LogP contribution in [0.2, 0.25) is 0 Å². The van der Waals surface area contributed by atoms with Crippen LogP contribution in [0.1, 0.15) is 5.56 Å². The van der Waals surface area contributed by atoms with E-state index in [2.05, 4.69) is 26.1 Å². The number of urea groups is 1. The minimum Gasteiger partial charge on any atom is -0.497 e. The Morgan fingerprint density at radius 1 is 1.00 bits per heavy atom. The first-order valence-corrected chi connectivity index (χ1v) is 9.04. The van der Waals surface area contributed by atoms with E-state index >= 15 is 0 Å². The van der Waals surface area contributed by atoms with Gasteiger partial charge in [0.2, 0.25) is 0 Å². The van der Waals surface area contributed by atoms with Crippen LogP contribution in [-0.4, -0.2) is 37.4 Å². The first kappa shape index (κ1) is 19.9. The molecule has 1 aromatic heterocycles. The summed E-state index contributed by atoms with van der Waals surface area (Å²) in [7, 11) is 5.50. The number of carbonyl (C=O) groups is 1. The number of aromatic nitrogens is 2. The lowest BCUT2D eigenvalue weighted by Gasteiger charge is -2.13. The number of benzene rings is 2. The Balaban J connectivity index is 1.60. The van der Waals surface area contributed by atoms with Gasteiger partial charge in [-0.05, 0) is 55.0 Å². The Hall–Kier alpha value is -3.81. The van der Waals surface area contributed by atoms with Crippen LogP contribution in [0.3, 0.4) is 0 Å². The van der Waals surface area contributed by atoms with Crippen LogP contribution in [0.5, 0.6) is 5.75 Å². The van der Waals surface area contributed by atoms with Crippen molar-refractivity contribution in [2.24, 2.45) is 0 Å². The molecule has 0 saturated heterocycles. The van der Waals surface area contributed by atoms with Crippen LogP contribution < -0.4 is 25.6 Å². The molecule has 0 aliphatic rings. The maximum absolute atomic E-state index is 12.3. The van der Waals surface area contributed by atoms with Crippen molar-refractivity contribution >= 4 is 34.6 Å². The number of hydrogen-bond acceptors (Lipinski definition) is 6. The molecule has 3 aromatic rings. The van der Waals surface area contributed by atoms with Crippen molar-refractivity contribution in [2.45, 2.75) is 6.92 Å². The van der Waals surface area contributed by atoms with Crippen molar-refractivity contribution in [3.8, 4) is 5.75 Å². The second kappa shape index (κ2) is 8.92. The fraction of sp³-hybridized carbons (Fsp3) is 0.190. The third-order valence-electron chi connectivity index (χ3n) is 4.25. The molecule has 0 spiro atoms. The Morgan fingerprint density at radius 3 is 2.38 bits per heavy atom. The van der Waals surface area contributed by atoms with E-state index in [-0.39, 0.29) is 6.03 Å². The molecule has 3 rings (SSSR count). The lowest BCUT2D eigenvalue weighted by molar-refractivity contribution is 0.262. The van der Waals surface area contributed by atoms with Crippen molar-refractivity contribution in [1.29, 1.82) is 0 Å². The van der Waals surface area contributed by atoms with Crippen LogP contribution in [0.25, 0.3) is 0 Å².